The van der Waals surface area contributed by atoms with Crippen LogP contribution in [0.25, 0.3) is 0 Å². The molecule has 1 saturated heterocycles. The molecular formula is C13H28N2O. The van der Waals surface area contributed by atoms with Gasteiger partial charge in [0.25, 0.3) is 0 Å². The van der Waals surface area contributed by atoms with E-state index in [1.807, 2.05) is 0 Å². The smallest absolute Gasteiger partial charge is 0.0518 e. The molecule has 1 aliphatic rings. The molecule has 3 heteroatoms. The van der Waals surface area contributed by atoms with Gasteiger partial charge in [0.1, 0.15) is 0 Å². The molecule has 0 amide bonds. The standard InChI is InChI=1S/C13H28N2O/c1-11(2)16-9-5-7-14-13-6-8-15(4)12(3)10-13/h11-14H,5-10H2,1-4H3. The Kier molecular flexibility index (Phi) is 6.32. The summed E-state index contributed by atoms with van der Waals surface area (Å²) in [4.78, 5) is 2.44. The topological polar surface area (TPSA) is 24.5 Å². The lowest BCUT2D eigenvalue weighted by atomic mass is 9.99. The van der Waals surface area contributed by atoms with Gasteiger partial charge in [0.05, 0.1) is 6.10 Å². The molecule has 0 spiro atoms. The van der Waals surface area contributed by atoms with Crippen molar-refractivity contribution in [1.82, 2.24) is 10.2 Å². The van der Waals surface area contributed by atoms with Gasteiger partial charge in [-0.15, -0.1) is 0 Å². The van der Waals surface area contributed by atoms with E-state index in [2.05, 4.69) is 38.0 Å². The summed E-state index contributed by atoms with van der Waals surface area (Å²) in [6.07, 6.45) is 4.05. The van der Waals surface area contributed by atoms with Crippen molar-refractivity contribution >= 4 is 0 Å². The van der Waals surface area contributed by atoms with Crippen molar-refractivity contribution in [3.63, 3.8) is 0 Å². The highest BCUT2D eigenvalue weighted by atomic mass is 16.5. The SMILES string of the molecule is CC(C)OCCCNC1CCN(C)C(C)C1. The molecule has 0 aromatic carbocycles. The molecule has 96 valence electrons. The van der Waals surface area contributed by atoms with Crippen LogP contribution < -0.4 is 5.32 Å². The van der Waals surface area contributed by atoms with Crippen LogP contribution in [0.15, 0.2) is 0 Å². The average molecular weight is 228 g/mol. The summed E-state index contributed by atoms with van der Waals surface area (Å²) in [6.45, 7) is 9.69. The molecule has 0 saturated carbocycles. The normalized spacial score (nSPS) is 27.6. The fourth-order valence-corrected chi connectivity index (χ4v) is 2.17. The third kappa shape index (κ3) is 5.28. The van der Waals surface area contributed by atoms with Gasteiger partial charge in [-0.3, -0.25) is 0 Å². The summed E-state index contributed by atoms with van der Waals surface area (Å²) >= 11 is 0. The fraction of sp³-hybridized carbons (Fsp3) is 1.00. The van der Waals surface area contributed by atoms with Gasteiger partial charge in [-0.1, -0.05) is 0 Å². The quantitative estimate of drug-likeness (QED) is 0.703. The molecule has 0 aromatic heterocycles. The van der Waals surface area contributed by atoms with Crippen LogP contribution in [0.5, 0.6) is 0 Å². The second-order valence-corrected chi connectivity index (χ2v) is 5.28. The molecule has 1 fully saturated rings. The molecule has 1 aliphatic heterocycles. The van der Waals surface area contributed by atoms with Crippen LogP contribution in [0.4, 0.5) is 0 Å². The van der Waals surface area contributed by atoms with Crippen LogP contribution >= 0.6 is 0 Å². The highest BCUT2D eigenvalue weighted by Gasteiger charge is 2.21. The van der Waals surface area contributed by atoms with Gasteiger partial charge in [0, 0.05) is 18.7 Å². The number of nitrogens with one attached hydrogen (secondary N) is 1. The minimum absolute atomic E-state index is 0.364. The van der Waals surface area contributed by atoms with Crippen molar-refractivity contribution < 1.29 is 4.74 Å². The van der Waals surface area contributed by atoms with Crippen molar-refractivity contribution in [2.75, 3.05) is 26.7 Å². The average Bonchev–Trinajstić information content (AvgIpc) is 2.22. The Morgan fingerprint density at radius 1 is 1.44 bits per heavy atom. The van der Waals surface area contributed by atoms with Gasteiger partial charge in [-0.05, 0) is 60.2 Å². The van der Waals surface area contributed by atoms with E-state index in [4.69, 9.17) is 4.74 Å². The predicted octanol–water partition coefficient (Wildman–Crippen LogP) is 1.87. The first-order chi connectivity index (χ1) is 7.59. The van der Waals surface area contributed by atoms with Crippen molar-refractivity contribution in [3.05, 3.63) is 0 Å². The van der Waals surface area contributed by atoms with E-state index in [9.17, 15) is 0 Å². The summed E-state index contributed by atoms with van der Waals surface area (Å²) < 4.78 is 5.52. The zero-order chi connectivity index (χ0) is 12.0. The second-order valence-electron chi connectivity index (χ2n) is 5.28. The van der Waals surface area contributed by atoms with Gasteiger partial charge in [0.2, 0.25) is 0 Å². The van der Waals surface area contributed by atoms with Gasteiger partial charge < -0.3 is 15.0 Å². The Bertz CT molecular complexity index is 185. The van der Waals surface area contributed by atoms with Crippen LogP contribution in [0.2, 0.25) is 0 Å². The van der Waals surface area contributed by atoms with E-state index in [1.54, 1.807) is 0 Å². The highest BCUT2D eigenvalue weighted by Crippen LogP contribution is 2.14. The fourth-order valence-electron chi connectivity index (χ4n) is 2.17. The van der Waals surface area contributed by atoms with Crippen molar-refractivity contribution in [1.29, 1.82) is 0 Å². The Morgan fingerprint density at radius 2 is 2.19 bits per heavy atom. The van der Waals surface area contributed by atoms with E-state index in [0.29, 0.717) is 12.1 Å². The van der Waals surface area contributed by atoms with Crippen LogP contribution in [0.1, 0.15) is 40.0 Å². The molecular weight excluding hydrogens is 200 g/mol. The van der Waals surface area contributed by atoms with E-state index in [1.165, 1.54) is 19.4 Å². The summed E-state index contributed by atoms with van der Waals surface area (Å²) in [7, 11) is 2.22. The number of piperidine rings is 1. The zero-order valence-corrected chi connectivity index (χ0v) is 11.3. The Morgan fingerprint density at radius 3 is 2.81 bits per heavy atom. The van der Waals surface area contributed by atoms with Gasteiger partial charge in [-0.25, -0.2) is 0 Å². The molecule has 1 rings (SSSR count). The first kappa shape index (κ1) is 13.9. The Labute approximate surface area is 101 Å². The van der Waals surface area contributed by atoms with Gasteiger partial charge in [0.15, 0.2) is 0 Å². The first-order valence-corrected chi connectivity index (χ1v) is 6.65. The first-order valence-electron chi connectivity index (χ1n) is 6.65. The van der Waals surface area contributed by atoms with E-state index >= 15 is 0 Å². The van der Waals surface area contributed by atoms with E-state index in [0.717, 1.165) is 25.6 Å². The van der Waals surface area contributed by atoms with E-state index in [-0.39, 0.29) is 0 Å². The lowest BCUT2D eigenvalue weighted by molar-refractivity contribution is 0.0758. The van der Waals surface area contributed by atoms with Crippen LogP contribution in [0.3, 0.4) is 0 Å². The molecule has 0 radical (unpaired) electrons. The summed E-state index contributed by atoms with van der Waals surface area (Å²) in [6, 6.07) is 1.43. The summed E-state index contributed by atoms with van der Waals surface area (Å²) in [5.41, 5.74) is 0. The number of rotatable bonds is 6. The molecule has 16 heavy (non-hydrogen) atoms. The number of hydrogen-bond donors (Lipinski definition) is 1. The molecule has 2 atom stereocenters. The van der Waals surface area contributed by atoms with Crippen molar-refractivity contribution in [3.8, 4) is 0 Å². The lowest BCUT2D eigenvalue weighted by Gasteiger charge is -2.35. The maximum absolute atomic E-state index is 5.52. The van der Waals surface area contributed by atoms with Crippen molar-refractivity contribution in [2.24, 2.45) is 0 Å². The maximum Gasteiger partial charge on any atom is 0.0518 e. The molecule has 0 aliphatic carbocycles. The van der Waals surface area contributed by atoms with Gasteiger partial charge >= 0.3 is 0 Å². The zero-order valence-electron chi connectivity index (χ0n) is 11.3. The molecule has 1 N–H and O–H groups in total. The van der Waals surface area contributed by atoms with E-state index < -0.39 is 0 Å². The largest absolute Gasteiger partial charge is 0.379 e. The minimum Gasteiger partial charge on any atom is -0.379 e. The summed E-state index contributed by atoms with van der Waals surface area (Å²) in [5.74, 6) is 0. The third-order valence-corrected chi connectivity index (χ3v) is 3.41. The Hall–Kier alpha value is -0.120. The van der Waals surface area contributed by atoms with Crippen molar-refractivity contribution in [2.45, 2.75) is 58.2 Å². The Balaban J connectivity index is 2.01. The minimum atomic E-state index is 0.364. The summed E-state index contributed by atoms with van der Waals surface area (Å²) in [5, 5.41) is 3.64. The molecule has 3 nitrogen and oxygen atoms in total. The number of nitrogens with zero attached hydrogens (tertiary/aromatic N) is 1. The van der Waals surface area contributed by atoms with Crippen LogP contribution in [-0.2, 0) is 4.74 Å². The third-order valence-electron chi connectivity index (χ3n) is 3.41. The maximum atomic E-state index is 5.52. The molecule has 0 bridgehead atoms. The second kappa shape index (κ2) is 7.25. The lowest BCUT2D eigenvalue weighted by Crippen LogP contribution is -2.45. The number of likely N-dealkylation sites (tertiary alicyclic amines) is 1. The highest BCUT2D eigenvalue weighted by molar-refractivity contribution is 4.80. The molecule has 0 aromatic rings. The predicted molar refractivity (Wildman–Crippen MR) is 68.8 cm³/mol. The molecule has 1 heterocycles. The number of ether oxygens (including phenoxy) is 1. The van der Waals surface area contributed by atoms with Gasteiger partial charge in [-0.2, -0.15) is 0 Å². The number of hydrogen-bond acceptors (Lipinski definition) is 3. The monoisotopic (exact) mass is 228 g/mol. The molecule has 2 unspecified atom stereocenters. The van der Waals surface area contributed by atoms with Crippen LogP contribution in [0, 0.1) is 0 Å². The van der Waals surface area contributed by atoms with Crippen LogP contribution in [-0.4, -0.2) is 49.8 Å².